The highest BCUT2D eigenvalue weighted by Gasteiger charge is 2.31. The Morgan fingerprint density at radius 1 is 1.38 bits per heavy atom. The normalized spacial score (nSPS) is 23.3. The Hall–Kier alpha value is -0.120. The Bertz CT molecular complexity index is 136. The van der Waals surface area contributed by atoms with Gasteiger partial charge in [-0.15, -0.1) is 0 Å². The molecular formula is C10H22N2O. The highest BCUT2D eigenvalue weighted by molar-refractivity contribution is 4.91. The van der Waals surface area contributed by atoms with E-state index < -0.39 is 0 Å². The summed E-state index contributed by atoms with van der Waals surface area (Å²) < 4.78 is 0. The third-order valence-electron chi connectivity index (χ3n) is 3.19. The lowest BCUT2D eigenvalue weighted by Gasteiger charge is -2.40. The molecule has 0 aromatic rings. The lowest BCUT2D eigenvalue weighted by atomic mass is 9.88. The van der Waals surface area contributed by atoms with Gasteiger partial charge in [-0.3, -0.25) is 0 Å². The van der Waals surface area contributed by atoms with Crippen molar-refractivity contribution in [1.82, 2.24) is 10.2 Å². The molecule has 1 rings (SSSR count). The van der Waals surface area contributed by atoms with Gasteiger partial charge in [0, 0.05) is 5.54 Å². The average Bonchev–Trinajstić information content (AvgIpc) is 2.20. The van der Waals surface area contributed by atoms with Crippen molar-refractivity contribution in [1.29, 1.82) is 0 Å². The molecular weight excluding hydrogens is 164 g/mol. The van der Waals surface area contributed by atoms with Gasteiger partial charge in [-0.05, 0) is 45.9 Å². The molecule has 0 radical (unpaired) electrons. The molecule has 2 N–H and O–H groups in total. The zero-order valence-electron chi connectivity index (χ0n) is 8.84. The number of likely N-dealkylation sites (tertiary alicyclic amines) is 1. The number of likely N-dealkylation sites (N-methyl/N-ethyl adjacent to an activating group) is 1. The van der Waals surface area contributed by atoms with Crippen molar-refractivity contribution < 1.29 is 5.11 Å². The van der Waals surface area contributed by atoms with Gasteiger partial charge in [0.05, 0.1) is 6.61 Å². The summed E-state index contributed by atoms with van der Waals surface area (Å²) in [6, 6.07) is 0. The van der Waals surface area contributed by atoms with E-state index in [9.17, 15) is 5.11 Å². The molecule has 0 aliphatic carbocycles. The highest BCUT2D eigenvalue weighted by Crippen LogP contribution is 2.21. The standard InChI is InChI=1S/C10H22N2O/c1-3-6-12-7-4-10(9-13,11-2)5-8-12/h11,13H,3-9H2,1-2H3. The Morgan fingerprint density at radius 2 is 2.00 bits per heavy atom. The monoisotopic (exact) mass is 186 g/mol. The Balaban J connectivity index is 2.36. The molecule has 0 unspecified atom stereocenters. The molecule has 0 saturated carbocycles. The summed E-state index contributed by atoms with van der Waals surface area (Å²) in [6.07, 6.45) is 3.37. The molecule has 3 heteroatoms. The molecule has 78 valence electrons. The van der Waals surface area contributed by atoms with Gasteiger partial charge in [0.2, 0.25) is 0 Å². The molecule has 0 aromatic carbocycles. The van der Waals surface area contributed by atoms with Crippen molar-refractivity contribution in [3.63, 3.8) is 0 Å². The van der Waals surface area contributed by atoms with Gasteiger partial charge in [-0.1, -0.05) is 6.92 Å². The van der Waals surface area contributed by atoms with Crippen LogP contribution in [0, 0.1) is 0 Å². The Morgan fingerprint density at radius 3 is 2.38 bits per heavy atom. The van der Waals surface area contributed by atoms with Crippen LogP contribution in [-0.4, -0.2) is 48.8 Å². The predicted octanol–water partition coefficient (Wildman–Crippen LogP) is 0.443. The maximum atomic E-state index is 9.28. The SMILES string of the molecule is CCCN1CCC(CO)(NC)CC1. The van der Waals surface area contributed by atoms with E-state index in [1.807, 2.05) is 7.05 Å². The van der Waals surface area contributed by atoms with E-state index in [2.05, 4.69) is 17.1 Å². The fourth-order valence-electron chi connectivity index (χ4n) is 2.01. The fraction of sp³-hybridized carbons (Fsp3) is 1.00. The van der Waals surface area contributed by atoms with E-state index in [1.54, 1.807) is 0 Å². The average molecular weight is 186 g/mol. The molecule has 1 fully saturated rings. The lowest BCUT2D eigenvalue weighted by Crippen LogP contribution is -2.54. The number of nitrogens with zero attached hydrogens (tertiary/aromatic N) is 1. The summed E-state index contributed by atoms with van der Waals surface area (Å²) in [5, 5.41) is 12.5. The third kappa shape index (κ3) is 2.66. The van der Waals surface area contributed by atoms with Crippen molar-refractivity contribution >= 4 is 0 Å². The molecule has 1 aliphatic heterocycles. The van der Waals surface area contributed by atoms with Gasteiger partial charge in [0.15, 0.2) is 0 Å². The van der Waals surface area contributed by atoms with Crippen LogP contribution in [-0.2, 0) is 0 Å². The van der Waals surface area contributed by atoms with Crippen LogP contribution >= 0.6 is 0 Å². The molecule has 1 heterocycles. The van der Waals surface area contributed by atoms with Crippen LogP contribution in [0.3, 0.4) is 0 Å². The largest absolute Gasteiger partial charge is 0.394 e. The minimum Gasteiger partial charge on any atom is -0.394 e. The van der Waals surface area contributed by atoms with Gasteiger partial charge in [-0.2, -0.15) is 0 Å². The number of nitrogens with one attached hydrogen (secondary N) is 1. The maximum absolute atomic E-state index is 9.28. The van der Waals surface area contributed by atoms with E-state index in [4.69, 9.17) is 0 Å². The third-order valence-corrected chi connectivity index (χ3v) is 3.19. The zero-order chi connectivity index (χ0) is 9.73. The van der Waals surface area contributed by atoms with Gasteiger partial charge in [0.25, 0.3) is 0 Å². The van der Waals surface area contributed by atoms with Crippen LogP contribution < -0.4 is 5.32 Å². The number of rotatable bonds is 4. The molecule has 0 aromatic heterocycles. The number of hydrogen-bond donors (Lipinski definition) is 2. The first kappa shape index (κ1) is 11.0. The predicted molar refractivity (Wildman–Crippen MR) is 54.8 cm³/mol. The van der Waals surface area contributed by atoms with Crippen molar-refractivity contribution in [3.05, 3.63) is 0 Å². The number of aliphatic hydroxyl groups excluding tert-OH is 1. The van der Waals surface area contributed by atoms with Gasteiger partial charge >= 0.3 is 0 Å². The Kier molecular flexibility index (Phi) is 4.16. The van der Waals surface area contributed by atoms with Gasteiger partial charge < -0.3 is 15.3 Å². The summed E-state index contributed by atoms with van der Waals surface area (Å²) in [6.45, 7) is 5.92. The van der Waals surface area contributed by atoms with Crippen LogP contribution in [0.1, 0.15) is 26.2 Å². The molecule has 0 spiro atoms. The first-order valence-corrected chi connectivity index (χ1v) is 5.28. The highest BCUT2D eigenvalue weighted by atomic mass is 16.3. The van der Waals surface area contributed by atoms with Gasteiger partial charge in [0.1, 0.15) is 0 Å². The quantitative estimate of drug-likeness (QED) is 0.669. The molecule has 3 nitrogen and oxygen atoms in total. The first-order valence-electron chi connectivity index (χ1n) is 5.28. The Labute approximate surface area is 81.1 Å². The van der Waals surface area contributed by atoms with Crippen LogP contribution in [0.5, 0.6) is 0 Å². The molecule has 0 bridgehead atoms. The fourth-order valence-corrected chi connectivity index (χ4v) is 2.01. The zero-order valence-corrected chi connectivity index (χ0v) is 8.84. The summed E-state index contributed by atoms with van der Waals surface area (Å²) in [4.78, 5) is 2.48. The molecule has 0 atom stereocenters. The molecule has 1 saturated heterocycles. The second kappa shape index (κ2) is 4.94. The van der Waals surface area contributed by atoms with Crippen LogP contribution in [0.4, 0.5) is 0 Å². The summed E-state index contributed by atoms with van der Waals surface area (Å²) in [7, 11) is 1.95. The van der Waals surface area contributed by atoms with E-state index in [-0.39, 0.29) is 12.1 Å². The molecule has 0 amide bonds. The molecule has 1 aliphatic rings. The van der Waals surface area contributed by atoms with Gasteiger partial charge in [-0.25, -0.2) is 0 Å². The van der Waals surface area contributed by atoms with E-state index in [0.717, 1.165) is 25.9 Å². The number of piperidine rings is 1. The second-order valence-electron chi connectivity index (χ2n) is 4.03. The minimum atomic E-state index is 0.00421. The van der Waals surface area contributed by atoms with Crippen molar-refractivity contribution in [3.8, 4) is 0 Å². The van der Waals surface area contributed by atoms with Crippen LogP contribution in [0.2, 0.25) is 0 Å². The lowest BCUT2D eigenvalue weighted by molar-refractivity contribution is 0.0845. The summed E-state index contributed by atoms with van der Waals surface area (Å²) in [5.74, 6) is 0. The van der Waals surface area contributed by atoms with Crippen LogP contribution in [0.25, 0.3) is 0 Å². The number of hydrogen-bond acceptors (Lipinski definition) is 3. The van der Waals surface area contributed by atoms with Crippen LogP contribution in [0.15, 0.2) is 0 Å². The van der Waals surface area contributed by atoms with E-state index >= 15 is 0 Å². The van der Waals surface area contributed by atoms with Crippen molar-refractivity contribution in [2.45, 2.75) is 31.7 Å². The summed E-state index contributed by atoms with van der Waals surface area (Å²) in [5.41, 5.74) is 0.00421. The first-order chi connectivity index (χ1) is 6.26. The van der Waals surface area contributed by atoms with E-state index in [0.29, 0.717) is 0 Å². The smallest absolute Gasteiger partial charge is 0.0614 e. The maximum Gasteiger partial charge on any atom is 0.0614 e. The summed E-state index contributed by atoms with van der Waals surface area (Å²) >= 11 is 0. The second-order valence-corrected chi connectivity index (χ2v) is 4.03. The number of aliphatic hydroxyl groups is 1. The topological polar surface area (TPSA) is 35.5 Å². The van der Waals surface area contributed by atoms with Crippen molar-refractivity contribution in [2.24, 2.45) is 0 Å². The molecule has 13 heavy (non-hydrogen) atoms. The minimum absolute atomic E-state index is 0.00421. The van der Waals surface area contributed by atoms with E-state index in [1.165, 1.54) is 13.0 Å². The van der Waals surface area contributed by atoms with Crippen molar-refractivity contribution in [2.75, 3.05) is 33.3 Å².